The summed E-state index contributed by atoms with van der Waals surface area (Å²) in [4.78, 5) is 11.6. The number of hydrogen-bond acceptors (Lipinski definition) is 4. The van der Waals surface area contributed by atoms with E-state index in [1.807, 2.05) is 30.1 Å². The lowest BCUT2D eigenvalue weighted by molar-refractivity contribution is -0.145. The summed E-state index contributed by atoms with van der Waals surface area (Å²) < 4.78 is 33.8. The van der Waals surface area contributed by atoms with Crippen molar-refractivity contribution >= 4 is 16.0 Å². The Kier molecular flexibility index (Phi) is 4.49. The molecule has 0 aromatic carbocycles. The van der Waals surface area contributed by atoms with E-state index in [-0.39, 0.29) is 6.54 Å². The second kappa shape index (κ2) is 5.97. The van der Waals surface area contributed by atoms with Gasteiger partial charge in [-0.05, 0) is 24.5 Å². The highest BCUT2D eigenvalue weighted by molar-refractivity contribution is 7.90. The third-order valence-electron chi connectivity index (χ3n) is 3.73. The molecule has 2 rings (SSSR count). The minimum atomic E-state index is -3.51. The predicted octanol–water partition coefficient (Wildman–Crippen LogP) is 0.786. The van der Waals surface area contributed by atoms with Gasteiger partial charge in [0.15, 0.2) is 0 Å². The fourth-order valence-electron chi connectivity index (χ4n) is 2.67. The molecule has 1 saturated carbocycles. The molecule has 0 spiro atoms. The molecule has 0 amide bonds. The van der Waals surface area contributed by atoms with Crippen LogP contribution in [0.5, 0.6) is 0 Å². The Bertz CT molecular complexity index is 579. The number of nitrogens with one attached hydrogen (secondary N) is 1. The highest BCUT2D eigenvalue weighted by Crippen LogP contribution is 2.31. The SMILES string of the molecule is COC(=O)C1CCCC1S(=O)(=O)NCc1ccn(C)c1. The van der Waals surface area contributed by atoms with Crippen LogP contribution in [0, 0.1) is 5.92 Å². The van der Waals surface area contributed by atoms with Gasteiger partial charge in [-0.2, -0.15) is 0 Å². The van der Waals surface area contributed by atoms with Gasteiger partial charge >= 0.3 is 5.97 Å². The van der Waals surface area contributed by atoms with E-state index in [9.17, 15) is 13.2 Å². The van der Waals surface area contributed by atoms with E-state index in [0.29, 0.717) is 12.8 Å². The van der Waals surface area contributed by atoms with Crippen LogP contribution in [0.4, 0.5) is 0 Å². The summed E-state index contributed by atoms with van der Waals surface area (Å²) in [7, 11) is -0.343. The molecule has 20 heavy (non-hydrogen) atoms. The Morgan fingerprint density at radius 3 is 2.85 bits per heavy atom. The molecule has 0 aliphatic heterocycles. The lowest BCUT2D eigenvalue weighted by atomic mass is 10.1. The largest absolute Gasteiger partial charge is 0.469 e. The summed E-state index contributed by atoms with van der Waals surface area (Å²) in [5, 5.41) is -0.682. The highest BCUT2D eigenvalue weighted by Gasteiger charge is 2.41. The second-order valence-electron chi connectivity index (χ2n) is 5.15. The predicted molar refractivity (Wildman–Crippen MR) is 74.3 cm³/mol. The molecule has 6 nitrogen and oxygen atoms in total. The van der Waals surface area contributed by atoms with E-state index >= 15 is 0 Å². The smallest absolute Gasteiger partial charge is 0.310 e. The summed E-state index contributed by atoms with van der Waals surface area (Å²) in [6.45, 7) is 0.244. The van der Waals surface area contributed by atoms with E-state index < -0.39 is 27.2 Å². The Balaban J connectivity index is 2.04. The zero-order valence-electron chi connectivity index (χ0n) is 11.7. The van der Waals surface area contributed by atoms with Crippen molar-refractivity contribution in [1.82, 2.24) is 9.29 Å². The van der Waals surface area contributed by atoms with Crippen LogP contribution in [0.2, 0.25) is 0 Å². The number of sulfonamides is 1. The summed E-state index contributed by atoms with van der Waals surface area (Å²) in [5.41, 5.74) is 0.892. The number of esters is 1. The monoisotopic (exact) mass is 300 g/mol. The quantitative estimate of drug-likeness (QED) is 0.815. The first-order valence-electron chi connectivity index (χ1n) is 6.61. The molecule has 7 heteroatoms. The minimum absolute atomic E-state index is 0.244. The van der Waals surface area contributed by atoms with Gasteiger partial charge in [0.2, 0.25) is 10.0 Å². The Hall–Kier alpha value is -1.34. The zero-order chi connectivity index (χ0) is 14.8. The van der Waals surface area contributed by atoms with E-state index in [0.717, 1.165) is 12.0 Å². The van der Waals surface area contributed by atoms with Crippen molar-refractivity contribution in [2.45, 2.75) is 31.1 Å². The van der Waals surface area contributed by atoms with Crippen LogP contribution in [0.15, 0.2) is 18.5 Å². The number of aromatic nitrogens is 1. The number of rotatable bonds is 5. The molecular formula is C13H20N2O4S. The Morgan fingerprint density at radius 1 is 1.50 bits per heavy atom. The summed E-state index contributed by atoms with van der Waals surface area (Å²) in [6.07, 6.45) is 5.52. The van der Waals surface area contributed by atoms with Crippen LogP contribution in [-0.4, -0.2) is 31.3 Å². The molecule has 1 fully saturated rings. The molecule has 1 aromatic rings. The standard InChI is InChI=1S/C13H20N2O4S/c1-15-7-6-10(9-15)8-14-20(17,18)12-5-3-4-11(12)13(16)19-2/h6-7,9,11-12,14H,3-5,8H2,1-2H3. The number of hydrogen-bond donors (Lipinski definition) is 1. The first-order chi connectivity index (χ1) is 9.44. The van der Waals surface area contributed by atoms with E-state index in [1.165, 1.54) is 7.11 Å². The zero-order valence-corrected chi connectivity index (χ0v) is 12.5. The first kappa shape index (κ1) is 15.1. The van der Waals surface area contributed by atoms with Gasteiger partial charge in [-0.25, -0.2) is 13.1 Å². The minimum Gasteiger partial charge on any atom is -0.469 e. The van der Waals surface area contributed by atoms with Crippen LogP contribution in [0.25, 0.3) is 0 Å². The first-order valence-corrected chi connectivity index (χ1v) is 8.16. The van der Waals surface area contributed by atoms with E-state index in [2.05, 4.69) is 4.72 Å². The third kappa shape index (κ3) is 3.21. The number of nitrogens with zero attached hydrogens (tertiary/aromatic N) is 1. The van der Waals surface area contributed by atoms with Crippen LogP contribution in [-0.2, 0) is 33.1 Å². The fraction of sp³-hybridized carbons (Fsp3) is 0.615. The van der Waals surface area contributed by atoms with Crippen molar-refractivity contribution in [2.24, 2.45) is 13.0 Å². The van der Waals surface area contributed by atoms with E-state index in [1.54, 1.807) is 0 Å². The van der Waals surface area contributed by atoms with Crippen molar-refractivity contribution in [1.29, 1.82) is 0 Å². The maximum Gasteiger partial charge on any atom is 0.310 e. The molecule has 2 atom stereocenters. The van der Waals surface area contributed by atoms with Crippen LogP contribution < -0.4 is 4.72 Å². The van der Waals surface area contributed by atoms with Gasteiger partial charge in [0.25, 0.3) is 0 Å². The number of carbonyl (C=O) groups excluding carboxylic acids is 1. The average Bonchev–Trinajstić information content (AvgIpc) is 3.04. The third-order valence-corrected chi connectivity index (χ3v) is 5.63. The highest BCUT2D eigenvalue weighted by atomic mass is 32.2. The molecule has 1 heterocycles. The van der Waals surface area contributed by atoms with Crippen LogP contribution >= 0.6 is 0 Å². The molecule has 1 aliphatic rings. The number of carbonyl (C=O) groups is 1. The van der Waals surface area contributed by atoms with Gasteiger partial charge in [-0.1, -0.05) is 6.42 Å². The van der Waals surface area contributed by atoms with Crippen molar-refractivity contribution in [2.75, 3.05) is 7.11 Å². The molecule has 1 N–H and O–H groups in total. The maximum absolute atomic E-state index is 12.3. The van der Waals surface area contributed by atoms with Gasteiger partial charge in [-0.15, -0.1) is 0 Å². The number of aryl methyl sites for hydroxylation is 1. The molecule has 1 aromatic heterocycles. The average molecular weight is 300 g/mol. The summed E-state index contributed by atoms with van der Waals surface area (Å²) in [6, 6.07) is 1.86. The normalized spacial score (nSPS) is 22.9. The Labute approximate surface area is 119 Å². The van der Waals surface area contributed by atoms with Crippen molar-refractivity contribution in [3.8, 4) is 0 Å². The van der Waals surface area contributed by atoms with E-state index in [4.69, 9.17) is 4.74 Å². The second-order valence-corrected chi connectivity index (χ2v) is 7.13. The lowest BCUT2D eigenvalue weighted by Crippen LogP contribution is -2.39. The molecule has 0 bridgehead atoms. The lowest BCUT2D eigenvalue weighted by Gasteiger charge is -2.18. The summed E-state index contributed by atoms with van der Waals surface area (Å²) in [5.74, 6) is -0.981. The van der Waals surface area contributed by atoms with Gasteiger partial charge in [-0.3, -0.25) is 4.79 Å². The van der Waals surface area contributed by atoms with Crippen LogP contribution in [0.3, 0.4) is 0 Å². The van der Waals surface area contributed by atoms with Gasteiger partial charge in [0.1, 0.15) is 0 Å². The molecular weight excluding hydrogens is 280 g/mol. The molecule has 0 saturated heterocycles. The fourth-order valence-corrected chi connectivity index (χ4v) is 4.41. The molecule has 0 radical (unpaired) electrons. The topological polar surface area (TPSA) is 77.4 Å². The van der Waals surface area contributed by atoms with Gasteiger partial charge in [0, 0.05) is 26.0 Å². The molecule has 112 valence electrons. The van der Waals surface area contributed by atoms with Crippen LogP contribution in [0.1, 0.15) is 24.8 Å². The van der Waals surface area contributed by atoms with Gasteiger partial charge in [0.05, 0.1) is 18.3 Å². The van der Waals surface area contributed by atoms with Crippen molar-refractivity contribution < 1.29 is 17.9 Å². The van der Waals surface area contributed by atoms with Gasteiger partial charge < -0.3 is 9.30 Å². The maximum atomic E-state index is 12.3. The Morgan fingerprint density at radius 2 is 2.25 bits per heavy atom. The van der Waals surface area contributed by atoms with Crippen molar-refractivity contribution in [3.63, 3.8) is 0 Å². The molecule has 2 unspecified atom stereocenters. The summed E-state index contributed by atoms with van der Waals surface area (Å²) >= 11 is 0. The van der Waals surface area contributed by atoms with Crippen molar-refractivity contribution in [3.05, 3.63) is 24.0 Å². The molecule has 1 aliphatic carbocycles. The number of methoxy groups -OCH3 is 1. The number of ether oxygens (including phenoxy) is 1.